The van der Waals surface area contributed by atoms with Crippen LogP contribution in [-0.2, 0) is 4.74 Å². The molecule has 1 saturated heterocycles. The highest BCUT2D eigenvalue weighted by Crippen LogP contribution is 2.28. The zero-order valence-corrected chi connectivity index (χ0v) is 19.7. The average Bonchev–Trinajstić information content (AvgIpc) is 2.83. The van der Waals surface area contributed by atoms with Gasteiger partial charge < -0.3 is 19.9 Å². The summed E-state index contributed by atoms with van der Waals surface area (Å²) in [5, 5.41) is 14.5. The van der Waals surface area contributed by atoms with Crippen molar-refractivity contribution in [2.45, 2.75) is 26.4 Å². The number of ether oxygens (including phenoxy) is 1. The summed E-state index contributed by atoms with van der Waals surface area (Å²) in [7, 11) is 0. The Morgan fingerprint density at radius 1 is 1.06 bits per heavy atom. The van der Waals surface area contributed by atoms with Crippen LogP contribution in [0.3, 0.4) is 0 Å². The molecule has 1 amide bonds. The quantitative estimate of drug-likeness (QED) is 0.427. The Labute approximate surface area is 202 Å². The molecule has 1 aliphatic heterocycles. The Kier molecular flexibility index (Phi) is 6.71. The first kappa shape index (κ1) is 23.8. The Hall–Kier alpha value is -4.35. The van der Waals surface area contributed by atoms with Crippen molar-refractivity contribution >= 4 is 29.2 Å². The molecule has 182 valence electrons. The Morgan fingerprint density at radius 3 is 2.49 bits per heavy atom. The normalized spacial score (nSPS) is 13.9. The van der Waals surface area contributed by atoms with Crippen LogP contribution in [0.25, 0.3) is 11.3 Å². The van der Waals surface area contributed by atoms with Crippen LogP contribution in [0.15, 0.2) is 49.1 Å². The number of pyridine rings is 2. The van der Waals surface area contributed by atoms with Crippen LogP contribution >= 0.6 is 0 Å². The first-order chi connectivity index (χ1) is 16.7. The number of nitro groups is 1. The third kappa shape index (κ3) is 6.16. The molecule has 0 spiro atoms. The summed E-state index contributed by atoms with van der Waals surface area (Å²) >= 11 is 0. The third-order valence-corrected chi connectivity index (χ3v) is 5.14. The standard InChI is InChI=1S/C23H26N8O4/c1-23(2,3)35-22(32)30-10-8-29(9-11-30)21-12-16(4-5-26-21)18-13-17(31(33)34)14-19(27-18)28-20-15-24-6-7-25-20/h4-7,12-15H,8-11H2,1-3H3,(H,25,27,28). The van der Waals surface area contributed by atoms with E-state index in [9.17, 15) is 14.9 Å². The van der Waals surface area contributed by atoms with E-state index < -0.39 is 10.5 Å². The molecule has 0 atom stereocenters. The van der Waals surface area contributed by atoms with Gasteiger partial charge in [0.25, 0.3) is 5.69 Å². The van der Waals surface area contributed by atoms with Gasteiger partial charge in [-0.05, 0) is 32.9 Å². The van der Waals surface area contributed by atoms with Crippen molar-refractivity contribution in [1.29, 1.82) is 0 Å². The highest BCUT2D eigenvalue weighted by Gasteiger charge is 2.26. The van der Waals surface area contributed by atoms with Crippen LogP contribution in [0.4, 0.5) is 27.9 Å². The van der Waals surface area contributed by atoms with Crippen molar-refractivity contribution in [1.82, 2.24) is 24.8 Å². The molecule has 1 N–H and O–H groups in total. The zero-order chi connectivity index (χ0) is 25.0. The lowest BCUT2D eigenvalue weighted by Crippen LogP contribution is -2.50. The summed E-state index contributed by atoms with van der Waals surface area (Å²) in [6, 6.07) is 6.34. The van der Waals surface area contributed by atoms with E-state index in [0.29, 0.717) is 49.1 Å². The molecule has 1 aliphatic rings. The number of hydrogen-bond donors (Lipinski definition) is 1. The van der Waals surface area contributed by atoms with Crippen LogP contribution in [0.5, 0.6) is 0 Å². The summed E-state index contributed by atoms with van der Waals surface area (Å²) < 4.78 is 5.45. The molecule has 0 aliphatic carbocycles. The number of aromatic nitrogens is 4. The summed E-state index contributed by atoms with van der Waals surface area (Å²) in [6.45, 7) is 7.69. The van der Waals surface area contributed by atoms with Crippen molar-refractivity contribution in [2.75, 3.05) is 36.4 Å². The van der Waals surface area contributed by atoms with Gasteiger partial charge in [0, 0.05) is 56.4 Å². The van der Waals surface area contributed by atoms with E-state index in [4.69, 9.17) is 4.74 Å². The molecule has 12 heteroatoms. The van der Waals surface area contributed by atoms with Crippen LogP contribution in [0.2, 0.25) is 0 Å². The van der Waals surface area contributed by atoms with E-state index >= 15 is 0 Å². The Balaban J connectivity index is 1.53. The van der Waals surface area contributed by atoms with Gasteiger partial charge in [-0.3, -0.25) is 15.1 Å². The maximum absolute atomic E-state index is 12.3. The molecule has 0 radical (unpaired) electrons. The highest BCUT2D eigenvalue weighted by atomic mass is 16.6. The van der Waals surface area contributed by atoms with Gasteiger partial charge in [-0.2, -0.15) is 0 Å². The van der Waals surface area contributed by atoms with Gasteiger partial charge in [0.2, 0.25) is 0 Å². The first-order valence-corrected chi connectivity index (χ1v) is 11.1. The molecule has 3 aromatic heterocycles. The van der Waals surface area contributed by atoms with Crippen molar-refractivity contribution in [3.05, 3.63) is 59.2 Å². The smallest absolute Gasteiger partial charge is 0.410 e. The van der Waals surface area contributed by atoms with Crippen molar-refractivity contribution < 1.29 is 14.5 Å². The van der Waals surface area contributed by atoms with Crippen molar-refractivity contribution in [2.24, 2.45) is 0 Å². The Bertz CT molecular complexity index is 1210. The van der Waals surface area contributed by atoms with Crippen molar-refractivity contribution in [3.8, 4) is 11.3 Å². The SMILES string of the molecule is CC(C)(C)OC(=O)N1CCN(c2cc(-c3cc([N+](=O)[O-])cc(Nc4cnccn4)n3)ccn2)CC1. The maximum Gasteiger partial charge on any atom is 0.410 e. The van der Waals surface area contributed by atoms with Gasteiger partial charge in [-0.15, -0.1) is 0 Å². The monoisotopic (exact) mass is 478 g/mol. The lowest BCUT2D eigenvalue weighted by atomic mass is 10.1. The van der Waals surface area contributed by atoms with Gasteiger partial charge in [0.05, 0.1) is 22.9 Å². The predicted molar refractivity (Wildman–Crippen MR) is 129 cm³/mol. The lowest BCUT2D eigenvalue weighted by Gasteiger charge is -2.36. The van der Waals surface area contributed by atoms with E-state index in [-0.39, 0.29) is 17.6 Å². The van der Waals surface area contributed by atoms with Crippen molar-refractivity contribution in [3.63, 3.8) is 0 Å². The number of hydrogen-bond acceptors (Lipinski definition) is 10. The fraction of sp³-hybridized carbons (Fsp3) is 0.348. The molecule has 0 saturated carbocycles. The zero-order valence-electron chi connectivity index (χ0n) is 19.7. The molecule has 35 heavy (non-hydrogen) atoms. The fourth-order valence-electron chi connectivity index (χ4n) is 3.52. The predicted octanol–water partition coefficient (Wildman–Crippen LogP) is 3.64. The molecule has 4 rings (SSSR count). The maximum atomic E-state index is 12.3. The third-order valence-electron chi connectivity index (χ3n) is 5.14. The fourth-order valence-corrected chi connectivity index (χ4v) is 3.52. The van der Waals surface area contributed by atoms with E-state index in [1.807, 2.05) is 26.8 Å². The number of anilines is 3. The summed E-state index contributed by atoms with van der Waals surface area (Å²) in [4.78, 5) is 44.2. The van der Waals surface area contributed by atoms with Crippen LogP contribution in [0, 0.1) is 10.1 Å². The van der Waals surface area contributed by atoms with Gasteiger partial charge >= 0.3 is 6.09 Å². The molecule has 1 fully saturated rings. The second-order valence-corrected chi connectivity index (χ2v) is 8.93. The van der Waals surface area contributed by atoms with Gasteiger partial charge in [-0.25, -0.2) is 19.7 Å². The number of carbonyl (C=O) groups is 1. The second-order valence-electron chi connectivity index (χ2n) is 8.93. The molecule has 4 heterocycles. The molecule has 12 nitrogen and oxygen atoms in total. The minimum atomic E-state index is -0.545. The second kappa shape index (κ2) is 9.87. The Morgan fingerprint density at radius 2 is 1.83 bits per heavy atom. The molecular formula is C23H26N8O4. The minimum absolute atomic E-state index is 0.106. The topological polar surface area (TPSA) is 140 Å². The van der Waals surface area contributed by atoms with Crippen LogP contribution in [-0.4, -0.2) is 67.6 Å². The molecule has 0 unspecified atom stereocenters. The summed E-state index contributed by atoms with van der Waals surface area (Å²) in [5.41, 5.74) is 0.443. The summed E-state index contributed by atoms with van der Waals surface area (Å²) in [6.07, 6.45) is 5.85. The van der Waals surface area contributed by atoms with Crippen LogP contribution in [0.1, 0.15) is 20.8 Å². The van der Waals surface area contributed by atoms with Gasteiger partial charge in [0.15, 0.2) is 0 Å². The van der Waals surface area contributed by atoms with Gasteiger partial charge in [-0.1, -0.05) is 0 Å². The molecular weight excluding hydrogens is 452 g/mol. The van der Waals surface area contributed by atoms with E-state index in [2.05, 4.69) is 30.2 Å². The number of amides is 1. The number of rotatable bonds is 5. The largest absolute Gasteiger partial charge is 0.444 e. The van der Waals surface area contributed by atoms with E-state index in [1.165, 1.54) is 30.7 Å². The number of carbonyl (C=O) groups excluding carboxylic acids is 1. The molecule has 0 aromatic carbocycles. The first-order valence-electron chi connectivity index (χ1n) is 11.1. The minimum Gasteiger partial charge on any atom is -0.444 e. The van der Waals surface area contributed by atoms with Gasteiger partial charge in [0.1, 0.15) is 23.1 Å². The molecule has 0 bridgehead atoms. The molecule has 3 aromatic rings. The average molecular weight is 479 g/mol. The lowest BCUT2D eigenvalue weighted by molar-refractivity contribution is -0.384. The van der Waals surface area contributed by atoms with E-state index in [0.717, 1.165) is 0 Å². The highest BCUT2D eigenvalue weighted by molar-refractivity contribution is 5.70. The number of nitrogens with one attached hydrogen (secondary N) is 1. The summed E-state index contributed by atoms with van der Waals surface area (Å²) in [5.74, 6) is 1.40. The van der Waals surface area contributed by atoms with Crippen LogP contribution < -0.4 is 10.2 Å². The number of piperazine rings is 1. The van der Waals surface area contributed by atoms with E-state index in [1.54, 1.807) is 17.2 Å². The number of nitrogens with zero attached hydrogens (tertiary/aromatic N) is 7.